The maximum Gasteiger partial charge on any atom is 0.573 e. The van der Waals surface area contributed by atoms with Crippen molar-refractivity contribution in [2.24, 2.45) is 0 Å². The number of rotatable bonds is 7. The highest BCUT2D eigenvalue weighted by molar-refractivity contribution is 6.32. The van der Waals surface area contributed by atoms with Crippen LogP contribution in [0.4, 0.5) is 32.0 Å². The Labute approximate surface area is 211 Å². The highest BCUT2D eigenvalue weighted by Crippen LogP contribution is 2.36. The van der Waals surface area contributed by atoms with Crippen LogP contribution in [0, 0.1) is 11.3 Å². The van der Waals surface area contributed by atoms with Crippen LogP contribution in [0.3, 0.4) is 0 Å². The van der Waals surface area contributed by atoms with Crippen molar-refractivity contribution in [3.8, 4) is 11.8 Å². The minimum absolute atomic E-state index is 0.0775. The minimum Gasteiger partial charge on any atom is -0.406 e. The third kappa shape index (κ3) is 7.22. The first-order valence-corrected chi connectivity index (χ1v) is 11.1. The van der Waals surface area contributed by atoms with E-state index < -0.39 is 71.7 Å². The normalized spacial score (nSPS) is 17.2. The zero-order chi connectivity index (χ0) is 27.4. The van der Waals surface area contributed by atoms with E-state index in [0.29, 0.717) is 11.0 Å². The largest absolute Gasteiger partial charge is 0.573 e. The highest BCUT2D eigenvalue weighted by atomic mass is 35.5. The van der Waals surface area contributed by atoms with Crippen LogP contribution < -0.4 is 15.0 Å². The molecule has 2 aromatic rings. The maximum absolute atomic E-state index is 14.1. The second-order valence-corrected chi connectivity index (χ2v) is 8.44. The molecule has 3 rings (SSSR count). The molecule has 0 radical (unpaired) electrons. The van der Waals surface area contributed by atoms with Crippen molar-refractivity contribution in [3.05, 3.63) is 48.0 Å². The van der Waals surface area contributed by atoms with Gasteiger partial charge in [0.25, 0.3) is 11.5 Å². The van der Waals surface area contributed by atoms with Gasteiger partial charge in [0.1, 0.15) is 24.2 Å². The van der Waals surface area contributed by atoms with E-state index in [1.165, 1.54) is 0 Å². The van der Waals surface area contributed by atoms with Gasteiger partial charge in [-0.15, -0.1) is 13.2 Å². The van der Waals surface area contributed by atoms with Gasteiger partial charge in [0, 0.05) is 42.9 Å². The van der Waals surface area contributed by atoms with Crippen LogP contribution in [0.25, 0.3) is 0 Å². The van der Waals surface area contributed by atoms with Gasteiger partial charge in [-0.3, -0.25) is 14.5 Å². The molecule has 2 amide bonds. The average Bonchev–Trinajstić information content (AvgIpc) is 2.83. The van der Waals surface area contributed by atoms with E-state index in [9.17, 15) is 41.2 Å². The molecule has 1 saturated carbocycles. The van der Waals surface area contributed by atoms with E-state index >= 15 is 0 Å². The molecule has 1 aromatic heterocycles. The van der Waals surface area contributed by atoms with Crippen LogP contribution >= 0.6 is 11.6 Å². The first kappa shape index (κ1) is 28.0. The number of hydrogen-bond donors (Lipinski definition) is 1. The quantitative estimate of drug-likeness (QED) is 0.401. The molecular formula is C22H18ClF6N5O3. The smallest absolute Gasteiger partial charge is 0.406 e. The monoisotopic (exact) mass is 549 g/mol. The summed E-state index contributed by atoms with van der Waals surface area (Å²) in [5, 5.41) is 12.1. The fourth-order valence-corrected chi connectivity index (χ4v) is 3.94. The molecule has 0 saturated heterocycles. The summed E-state index contributed by atoms with van der Waals surface area (Å²) in [6, 6.07) is 1.34. The van der Waals surface area contributed by atoms with Gasteiger partial charge in [0.15, 0.2) is 0 Å². The molecule has 198 valence electrons. The number of halogens is 7. The van der Waals surface area contributed by atoms with E-state index in [2.05, 4.69) is 20.0 Å². The second kappa shape index (κ2) is 11.2. The van der Waals surface area contributed by atoms with Crippen LogP contribution in [0.5, 0.6) is 5.75 Å². The van der Waals surface area contributed by atoms with Crippen LogP contribution in [-0.2, 0) is 9.59 Å². The number of carbonyl (C=O) groups excluding carboxylic acids is 2. The van der Waals surface area contributed by atoms with Gasteiger partial charge in [-0.25, -0.2) is 23.1 Å². The van der Waals surface area contributed by atoms with Gasteiger partial charge < -0.3 is 10.1 Å². The number of aromatic nitrogens is 2. The number of carbonyl (C=O) groups is 2. The van der Waals surface area contributed by atoms with Crippen LogP contribution in [0.15, 0.2) is 36.9 Å². The lowest BCUT2D eigenvalue weighted by molar-refractivity contribution is -0.274. The average molecular weight is 550 g/mol. The highest BCUT2D eigenvalue weighted by Gasteiger charge is 2.40. The summed E-state index contributed by atoms with van der Waals surface area (Å²) in [7, 11) is 0. The molecule has 8 nitrogen and oxygen atoms in total. The molecule has 0 bridgehead atoms. The molecule has 0 aliphatic heterocycles. The zero-order valence-corrected chi connectivity index (χ0v) is 19.4. The van der Waals surface area contributed by atoms with Crippen molar-refractivity contribution < 1.29 is 40.7 Å². The number of ether oxygens (including phenoxy) is 1. The molecule has 0 unspecified atom stereocenters. The van der Waals surface area contributed by atoms with Gasteiger partial charge in [-0.1, -0.05) is 11.6 Å². The summed E-state index contributed by atoms with van der Waals surface area (Å²) in [6.07, 6.45) is -2.93. The van der Waals surface area contributed by atoms with Crippen molar-refractivity contribution in [3.63, 3.8) is 0 Å². The number of nitriles is 1. The molecule has 0 spiro atoms. The number of anilines is 1. The molecule has 1 heterocycles. The lowest BCUT2D eigenvalue weighted by Crippen LogP contribution is -2.49. The fourth-order valence-electron chi connectivity index (χ4n) is 3.84. The Hall–Kier alpha value is -3.60. The lowest BCUT2D eigenvalue weighted by Gasteiger charge is -2.34. The maximum atomic E-state index is 14.1. The molecular weight excluding hydrogens is 532 g/mol. The molecule has 1 aromatic carbocycles. The number of amides is 2. The molecule has 1 aliphatic carbocycles. The minimum atomic E-state index is -5.09. The second-order valence-electron chi connectivity index (χ2n) is 8.06. The zero-order valence-electron chi connectivity index (χ0n) is 18.7. The van der Waals surface area contributed by atoms with Crippen molar-refractivity contribution in [1.82, 2.24) is 15.3 Å². The summed E-state index contributed by atoms with van der Waals surface area (Å²) in [5.41, 5.74) is -3.86. The standard InChI is InChI=1S/C22H18ClF6N5O3/c23-18(24)20(36)34(16-2-1-15(7-12(16)8-30)37-22(27,28)29)17(13-9-31-11-32-10-13)19(35)33-14-3-5-21(25,26)6-4-14/h1-2,7,9-11,14,17-18H,3-6H2,(H,33,35)/t17-,18+/m1/s1. The molecule has 15 heteroatoms. The third-order valence-electron chi connectivity index (χ3n) is 5.47. The van der Waals surface area contributed by atoms with Gasteiger partial charge in [0.2, 0.25) is 11.8 Å². The van der Waals surface area contributed by atoms with E-state index in [0.717, 1.165) is 30.9 Å². The number of nitrogens with one attached hydrogen (secondary N) is 1. The third-order valence-corrected chi connectivity index (χ3v) is 5.66. The predicted molar refractivity (Wildman–Crippen MR) is 116 cm³/mol. The number of nitrogens with zero attached hydrogens (tertiary/aromatic N) is 4. The molecule has 1 fully saturated rings. The van der Waals surface area contributed by atoms with E-state index in [1.807, 2.05) is 0 Å². The van der Waals surface area contributed by atoms with E-state index in [1.54, 1.807) is 6.07 Å². The molecule has 1 N–H and O–H groups in total. The molecule has 1 aliphatic rings. The summed E-state index contributed by atoms with van der Waals surface area (Å²) in [4.78, 5) is 34.3. The van der Waals surface area contributed by atoms with E-state index in [-0.39, 0.29) is 18.4 Å². The van der Waals surface area contributed by atoms with Crippen molar-refractivity contribution >= 4 is 29.1 Å². The van der Waals surface area contributed by atoms with Crippen molar-refractivity contribution in [2.75, 3.05) is 4.90 Å². The first-order valence-electron chi connectivity index (χ1n) is 10.7. The van der Waals surface area contributed by atoms with Gasteiger partial charge in [0.05, 0.1) is 11.3 Å². The Morgan fingerprint density at radius 3 is 2.38 bits per heavy atom. The molecule has 2 atom stereocenters. The van der Waals surface area contributed by atoms with E-state index in [4.69, 9.17) is 11.6 Å². The fraction of sp³-hybridized carbons (Fsp3) is 0.409. The van der Waals surface area contributed by atoms with Gasteiger partial charge >= 0.3 is 6.36 Å². The van der Waals surface area contributed by atoms with Crippen molar-refractivity contribution in [1.29, 1.82) is 5.26 Å². The summed E-state index contributed by atoms with van der Waals surface area (Å²) in [5.74, 6) is -6.19. The Morgan fingerprint density at radius 2 is 1.84 bits per heavy atom. The molecule has 37 heavy (non-hydrogen) atoms. The van der Waals surface area contributed by atoms with Gasteiger partial charge in [-0.05, 0) is 25.0 Å². The number of hydrogen-bond acceptors (Lipinski definition) is 6. The summed E-state index contributed by atoms with van der Waals surface area (Å²) in [6.45, 7) is 0. The topological polar surface area (TPSA) is 108 Å². The van der Waals surface area contributed by atoms with Crippen LogP contribution in [0.2, 0.25) is 0 Å². The van der Waals surface area contributed by atoms with Crippen LogP contribution in [-0.4, -0.2) is 45.7 Å². The Bertz CT molecular complexity index is 1170. The summed E-state index contributed by atoms with van der Waals surface area (Å²) < 4.78 is 82.9. The van der Waals surface area contributed by atoms with Gasteiger partial charge in [-0.2, -0.15) is 5.26 Å². The predicted octanol–water partition coefficient (Wildman–Crippen LogP) is 4.55. The SMILES string of the molecule is N#Cc1cc(OC(F)(F)F)ccc1N(C(=O)[C@H](F)Cl)[C@@H](C(=O)NC1CCC(F)(F)CC1)c1cncnc1. The first-order chi connectivity index (χ1) is 17.3. The number of alkyl halides is 7. The Kier molecular flexibility index (Phi) is 8.47. The van der Waals surface area contributed by atoms with Crippen LogP contribution in [0.1, 0.15) is 42.9 Å². The summed E-state index contributed by atoms with van der Waals surface area (Å²) >= 11 is 5.39. The Morgan fingerprint density at radius 1 is 1.22 bits per heavy atom. The Balaban J connectivity index is 2.07. The number of benzene rings is 1. The van der Waals surface area contributed by atoms with Crippen molar-refractivity contribution in [2.45, 2.75) is 55.7 Å². The lowest BCUT2D eigenvalue weighted by atomic mass is 9.92.